The molecular weight excluding hydrogens is 192 g/mol. The maximum absolute atomic E-state index is 11.4. The number of hydrogen-bond donors (Lipinski definition) is 1. The summed E-state index contributed by atoms with van der Waals surface area (Å²) in [5.74, 6) is 0. The van der Waals surface area contributed by atoms with Gasteiger partial charge in [-0.05, 0) is 40.0 Å². The fourth-order valence-electron chi connectivity index (χ4n) is 2.42. The second-order valence-corrected chi connectivity index (χ2v) is 5.57. The van der Waals surface area contributed by atoms with Gasteiger partial charge < -0.3 is 15.6 Å². The Bertz CT molecular complexity index is 247. The van der Waals surface area contributed by atoms with Crippen molar-refractivity contribution in [1.29, 1.82) is 0 Å². The normalized spacial score (nSPS) is 33.5. The van der Waals surface area contributed by atoms with Crippen molar-refractivity contribution in [3.8, 4) is 0 Å². The van der Waals surface area contributed by atoms with Crippen molar-refractivity contribution in [3.63, 3.8) is 0 Å². The van der Waals surface area contributed by atoms with Gasteiger partial charge in [-0.3, -0.25) is 4.48 Å². The highest BCUT2D eigenvalue weighted by Gasteiger charge is 2.44. The van der Waals surface area contributed by atoms with E-state index < -0.39 is 6.09 Å². The monoisotopic (exact) mass is 214 g/mol. The van der Waals surface area contributed by atoms with Gasteiger partial charge >= 0.3 is 0 Å². The first-order valence-corrected chi connectivity index (χ1v) is 5.64. The number of likely N-dealkylation sites (tertiary alicyclic amines) is 1. The van der Waals surface area contributed by atoms with E-state index in [9.17, 15) is 9.90 Å². The third-order valence-electron chi connectivity index (χ3n) is 3.54. The van der Waals surface area contributed by atoms with Gasteiger partial charge in [-0.1, -0.05) is 0 Å². The highest BCUT2D eigenvalue weighted by Crippen LogP contribution is 2.28. The molecule has 2 N–H and O–H groups in total. The summed E-state index contributed by atoms with van der Waals surface area (Å²) in [7, 11) is 0. The minimum atomic E-state index is -0.986. The van der Waals surface area contributed by atoms with Crippen LogP contribution >= 0.6 is 0 Å². The quantitative estimate of drug-likeness (QED) is 0.596. The average Bonchev–Trinajstić information content (AvgIpc) is 2.26. The highest BCUT2D eigenvalue weighted by atomic mass is 16.4. The Morgan fingerprint density at radius 3 is 2.47 bits per heavy atom. The summed E-state index contributed by atoms with van der Waals surface area (Å²) in [6.45, 7) is 6.97. The van der Waals surface area contributed by atoms with E-state index in [1.165, 1.54) is 0 Å². The molecule has 1 rings (SSSR count). The Balaban J connectivity index is 3.03. The number of carbonyl (C=O) groups is 1. The number of nitrogens with zero attached hydrogens (tertiary/aromatic N) is 1. The molecule has 1 aliphatic rings. The second kappa shape index (κ2) is 4.10. The van der Waals surface area contributed by atoms with Gasteiger partial charge in [-0.2, -0.15) is 0 Å². The van der Waals surface area contributed by atoms with Crippen molar-refractivity contribution >= 4 is 6.09 Å². The molecule has 1 heterocycles. The maximum atomic E-state index is 11.4. The number of nitrogens with two attached hydrogens (primary N) is 1. The van der Waals surface area contributed by atoms with Crippen molar-refractivity contribution in [3.05, 3.63) is 0 Å². The van der Waals surface area contributed by atoms with E-state index in [2.05, 4.69) is 0 Å². The molecule has 0 radical (unpaired) electrons. The lowest BCUT2D eigenvalue weighted by molar-refractivity contribution is -0.919. The number of amides is 1. The van der Waals surface area contributed by atoms with Crippen LogP contribution in [-0.4, -0.2) is 35.2 Å². The summed E-state index contributed by atoms with van der Waals surface area (Å²) >= 11 is 0. The summed E-state index contributed by atoms with van der Waals surface area (Å²) in [6, 6.07) is -0.0235. The molecule has 1 amide bonds. The molecule has 0 aromatic heterocycles. The van der Waals surface area contributed by atoms with Crippen LogP contribution in [0.1, 0.15) is 40.0 Å². The van der Waals surface area contributed by atoms with E-state index >= 15 is 0 Å². The minimum absolute atomic E-state index is 0.00579. The molecule has 1 fully saturated rings. The smallest absolute Gasteiger partial charge is 0.257 e. The maximum Gasteiger partial charge on any atom is 0.257 e. The number of quaternary nitrogens is 1. The van der Waals surface area contributed by atoms with Gasteiger partial charge in [-0.15, -0.1) is 0 Å². The van der Waals surface area contributed by atoms with Crippen LogP contribution in [0.4, 0.5) is 4.79 Å². The summed E-state index contributed by atoms with van der Waals surface area (Å²) in [4.78, 5) is 11.4. The number of carboxylic acid groups (broad SMARTS) is 1. The van der Waals surface area contributed by atoms with Gasteiger partial charge in [0.15, 0.2) is 0 Å². The average molecular weight is 214 g/mol. The van der Waals surface area contributed by atoms with Crippen molar-refractivity contribution in [2.75, 3.05) is 13.1 Å². The lowest BCUT2D eigenvalue weighted by atomic mass is 10.0. The number of carbonyl (C=O) groups excluding carboxylic acids is 1. The van der Waals surface area contributed by atoms with Crippen LogP contribution in [0.2, 0.25) is 0 Å². The van der Waals surface area contributed by atoms with Crippen LogP contribution in [0.25, 0.3) is 0 Å². The molecule has 1 aliphatic heterocycles. The molecule has 88 valence electrons. The Morgan fingerprint density at radius 2 is 2.00 bits per heavy atom. The fourth-order valence-corrected chi connectivity index (χ4v) is 2.42. The zero-order chi connectivity index (χ0) is 11.7. The SMILES string of the molecule is CC(C)(C)[N+]1(C(=O)[O-])CCCCC(N)C1. The molecule has 15 heavy (non-hydrogen) atoms. The molecule has 0 bridgehead atoms. The first-order valence-electron chi connectivity index (χ1n) is 5.64. The molecule has 0 aromatic carbocycles. The van der Waals surface area contributed by atoms with Crippen LogP contribution in [0.15, 0.2) is 0 Å². The fraction of sp³-hybridized carbons (Fsp3) is 0.909. The van der Waals surface area contributed by atoms with E-state index in [-0.39, 0.29) is 16.1 Å². The largest absolute Gasteiger partial charge is 0.498 e. The lowest BCUT2D eigenvalue weighted by Crippen LogP contribution is -2.70. The number of rotatable bonds is 0. The van der Waals surface area contributed by atoms with Crippen molar-refractivity contribution in [2.24, 2.45) is 5.73 Å². The molecule has 4 heteroatoms. The zero-order valence-corrected chi connectivity index (χ0v) is 9.95. The molecule has 0 aliphatic carbocycles. The molecule has 1 saturated heterocycles. The zero-order valence-electron chi connectivity index (χ0n) is 9.95. The van der Waals surface area contributed by atoms with E-state index in [4.69, 9.17) is 5.73 Å². The van der Waals surface area contributed by atoms with Crippen molar-refractivity contribution in [2.45, 2.75) is 51.6 Å². The molecule has 4 nitrogen and oxygen atoms in total. The molecule has 0 aromatic rings. The van der Waals surface area contributed by atoms with Gasteiger partial charge in [0.05, 0.1) is 18.1 Å². The minimum Gasteiger partial charge on any atom is -0.498 e. The number of hydrogen-bond acceptors (Lipinski definition) is 3. The van der Waals surface area contributed by atoms with Gasteiger partial charge in [0.1, 0.15) is 6.54 Å². The molecule has 0 spiro atoms. The topological polar surface area (TPSA) is 66.1 Å². The third-order valence-corrected chi connectivity index (χ3v) is 3.54. The molecule has 2 unspecified atom stereocenters. The summed E-state index contributed by atoms with van der Waals surface area (Å²) < 4.78 is -0.00579. The Kier molecular flexibility index (Phi) is 3.41. The highest BCUT2D eigenvalue weighted by molar-refractivity contribution is 5.54. The summed E-state index contributed by atoms with van der Waals surface area (Å²) in [5.41, 5.74) is 5.59. The first-order chi connectivity index (χ1) is 6.79. The predicted molar refractivity (Wildman–Crippen MR) is 57.0 cm³/mol. The van der Waals surface area contributed by atoms with Crippen LogP contribution in [0.3, 0.4) is 0 Å². The lowest BCUT2D eigenvalue weighted by Gasteiger charge is -2.48. The molecular formula is C11H22N2O2. The summed E-state index contributed by atoms with van der Waals surface area (Å²) in [6.07, 6.45) is 1.87. The van der Waals surface area contributed by atoms with Gasteiger partial charge in [0.2, 0.25) is 0 Å². The van der Waals surface area contributed by atoms with Crippen LogP contribution in [0, 0.1) is 0 Å². The predicted octanol–water partition coefficient (Wildman–Crippen LogP) is 0.456. The second-order valence-electron chi connectivity index (χ2n) is 5.57. The third kappa shape index (κ3) is 2.32. The summed E-state index contributed by atoms with van der Waals surface area (Å²) in [5, 5.41) is 11.4. The Labute approximate surface area is 91.6 Å². The van der Waals surface area contributed by atoms with Gasteiger partial charge in [0, 0.05) is 0 Å². The van der Waals surface area contributed by atoms with Gasteiger partial charge in [-0.25, -0.2) is 0 Å². The van der Waals surface area contributed by atoms with Crippen molar-refractivity contribution < 1.29 is 14.4 Å². The van der Waals surface area contributed by atoms with Crippen molar-refractivity contribution in [1.82, 2.24) is 0 Å². The Morgan fingerprint density at radius 1 is 1.40 bits per heavy atom. The van der Waals surface area contributed by atoms with Gasteiger partial charge in [0.25, 0.3) is 6.09 Å². The van der Waals surface area contributed by atoms with E-state index in [0.717, 1.165) is 19.3 Å². The van der Waals surface area contributed by atoms with Crippen LogP contribution < -0.4 is 10.8 Å². The first kappa shape index (κ1) is 12.5. The van der Waals surface area contributed by atoms with Crippen LogP contribution in [0.5, 0.6) is 0 Å². The van der Waals surface area contributed by atoms with E-state index in [0.29, 0.717) is 13.1 Å². The molecule has 0 saturated carbocycles. The Hall–Kier alpha value is -0.610. The van der Waals surface area contributed by atoms with E-state index in [1.54, 1.807) is 0 Å². The standard InChI is InChI=1S/C11H22N2O2/c1-11(2,3)13(10(14)15)7-5-4-6-9(12)8-13/h9H,4-8,12H2,1-3H3. The van der Waals surface area contributed by atoms with Crippen LogP contribution in [-0.2, 0) is 0 Å². The molecule has 2 atom stereocenters. The van der Waals surface area contributed by atoms with E-state index in [1.807, 2.05) is 20.8 Å².